The minimum atomic E-state index is 0.414. The molecule has 0 radical (unpaired) electrons. The van der Waals surface area contributed by atoms with Gasteiger partial charge in [0.1, 0.15) is 5.78 Å². The highest BCUT2D eigenvalue weighted by molar-refractivity contribution is 9.10. The number of Topliss-reactive ketones (excluding diaryl/α,β-unsaturated/α-hetero) is 1. The van der Waals surface area contributed by atoms with Crippen molar-refractivity contribution >= 4 is 27.4 Å². The zero-order valence-corrected chi connectivity index (χ0v) is 11.0. The van der Waals surface area contributed by atoms with Crippen LogP contribution in [0.5, 0.6) is 0 Å². The van der Waals surface area contributed by atoms with E-state index in [2.05, 4.69) is 40.0 Å². The SMILES string of the molecule is CN(c1ccccc1Br)C1CCC(=O)CC1. The summed E-state index contributed by atoms with van der Waals surface area (Å²) in [6.07, 6.45) is 3.44. The third-order valence-corrected chi connectivity index (χ3v) is 3.96. The predicted octanol–water partition coefficient (Wildman–Crippen LogP) is 3.40. The first-order valence-electron chi connectivity index (χ1n) is 5.67. The fourth-order valence-electron chi connectivity index (χ4n) is 2.25. The van der Waals surface area contributed by atoms with Crippen LogP contribution in [0, 0.1) is 0 Å². The van der Waals surface area contributed by atoms with E-state index in [-0.39, 0.29) is 0 Å². The van der Waals surface area contributed by atoms with Gasteiger partial charge in [-0.2, -0.15) is 0 Å². The molecule has 2 nitrogen and oxygen atoms in total. The molecule has 0 N–H and O–H groups in total. The molecule has 3 heteroatoms. The fourth-order valence-corrected chi connectivity index (χ4v) is 2.81. The molecule has 1 fully saturated rings. The number of para-hydroxylation sites is 1. The number of benzene rings is 1. The molecule has 0 heterocycles. The van der Waals surface area contributed by atoms with Crippen LogP contribution in [0.3, 0.4) is 0 Å². The number of carbonyl (C=O) groups is 1. The van der Waals surface area contributed by atoms with E-state index < -0.39 is 0 Å². The van der Waals surface area contributed by atoms with Crippen LogP contribution in [0.4, 0.5) is 5.69 Å². The second-order valence-electron chi connectivity index (χ2n) is 4.33. The van der Waals surface area contributed by atoms with Crippen molar-refractivity contribution < 1.29 is 4.79 Å². The van der Waals surface area contributed by atoms with Crippen molar-refractivity contribution in [1.29, 1.82) is 0 Å². The Labute approximate surface area is 105 Å². The van der Waals surface area contributed by atoms with Crippen molar-refractivity contribution in [3.05, 3.63) is 28.7 Å². The van der Waals surface area contributed by atoms with Crippen LogP contribution in [-0.4, -0.2) is 18.9 Å². The molecule has 0 spiro atoms. The lowest BCUT2D eigenvalue weighted by molar-refractivity contribution is -0.120. The molecule has 1 saturated carbocycles. The van der Waals surface area contributed by atoms with Crippen molar-refractivity contribution in [2.45, 2.75) is 31.7 Å². The number of ketones is 1. The summed E-state index contributed by atoms with van der Waals surface area (Å²) in [4.78, 5) is 13.5. The summed E-state index contributed by atoms with van der Waals surface area (Å²) < 4.78 is 1.12. The molecule has 1 aromatic rings. The first kappa shape index (κ1) is 11.6. The summed E-state index contributed by atoms with van der Waals surface area (Å²) in [6, 6.07) is 8.73. The van der Waals surface area contributed by atoms with Crippen LogP contribution in [-0.2, 0) is 4.79 Å². The monoisotopic (exact) mass is 281 g/mol. The Morgan fingerprint density at radius 2 is 1.88 bits per heavy atom. The lowest BCUT2D eigenvalue weighted by Crippen LogP contribution is -2.35. The van der Waals surface area contributed by atoms with E-state index in [1.807, 2.05) is 12.1 Å². The summed E-state index contributed by atoms with van der Waals surface area (Å²) in [7, 11) is 2.11. The van der Waals surface area contributed by atoms with Crippen LogP contribution in [0.2, 0.25) is 0 Å². The molecule has 86 valence electrons. The summed E-state index contributed by atoms with van der Waals surface area (Å²) in [6.45, 7) is 0. The summed E-state index contributed by atoms with van der Waals surface area (Å²) in [5.41, 5.74) is 1.21. The van der Waals surface area contributed by atoms with Crippen LogP contribution in [0.1, 0.15) is 25.7 Å². The van der Waals surface area contributed by atoms with E-state index in [9.17, 15) is 4.79 Å². The van der Waals surface area contributed by atoms with Gasteiger partial charge >= 0.3 is 0 Å². The van der Waals surface area contributed by atoms with Crippen LogP contribution < -0.4 is 4.90 Å². The maximum atomic E-state index is 11.2. The van der Waals surface area contributed by atoms with E-state index >= 15 is 0 Å². The molecule has 2 rings (SSSR count). The van der Waals surface area contributed by atoms with Gasteiger partial charge in [-0.25, -0.2) is 0 Å². The molecule has 0 atom stereocenters. The van der Waals surface area contributed by atoms with Crippen LogP contribution in [0.25, 0.3) is 0 Å². The highest BCUT2D eigenvalue weighted by Crippen LogP contribution is 2.30. The normalized spacial score (nSPS) is 17.5. The maximum Gasteiger partial charge on any atom is 0.133 e. The molecule has 0 saturated heterocycles. The van der Waals surface area contributed by atoms with Gasteiger partial charge in [0, 0.05) is 30.4 Å². The summed E-state index contributed by atoms with van der Waals surface area (Å²) in [5, 5.41) is 0. The second-order valence-corrected chi connectivity index (χ2v) is 5.19. The van der Waals surface area contributed by atoms with E-state index in [0.29, 0.717) is 11.8 Å². The van der Waals surface area contributed by atoms with Gasteiger partial charge in [0.2, 0.25) is 0 Å². The molecular formula is C13H16BrNO. The number of halogens is 1. The third kappa shape index (κ3) is 2.46. The molecule has 0 amide bonds. The van der Waals surface area contributed by atoms with Gasteiger partial charge < -0.3 is 4.90 Å². The Kier molecular flexibility index (Phi) is 3.64. The Morgan fingerprint density at radius 1 is 1.25 bits per heavy atom. The van der Waals surface area contributed by atoms with Crippen molar-refractivity contribution in [1.82, 2.24) is 0 Å². The zero-order chi connectivity index (χ0) is 11.5. The predicted molar refractivity (Wildman–Crippen MR) is 69.8 cm³/mol. The molecular weight excluding hydrogens is 266 g/mol. The first-order chi connectivity index (χ1) is 7.68. The molecule has 0 aromatic heterocycles. The molecule has 0 unspecified atom stereocenters. The maximum absolute atomic E-state index is 11.2. The Bertz CT molecular complexity index is 381. The van der Waals surface area contributed by atoms with Gasteiger partial charge in [0.05, 0.1) is 5.69 Å². The zero-order valence-electron chi connectivity index (χ0n) is 9.45. The molecule has 0 bridgehead atoms. The highest BCUT2D eigenvalue weighted by atomic mass is 79.9. The lowest BCUT2D eigenvalue weighted by atomic mass is 9.93. The van der Waals surface area contributed by atoms with Gasteiger partial charge in [-0.05, 0) is 40.9 Å². The van der Waals surface area contributed by atoms with Crippen LogP contribution >= 0.6 is 15.9 Å². The molecule has 1 aromatic carbocycles. The standard InChI is InChI=1S/C13H16BrNO/c1-15(10-6-8-11(16)9-7-10)13-5-3-2-4-12(13)14/h2-5,10H,6-9H2,1H3. The molecule has 1 aliphatic rings. The number of carbonyl (C=O) groups excluding carboxylic acids is 1. The quantitative estimate of drug-likeness (QED) is 0.828. The Hall–Kier alpha value is -0.830. The van der Waals surface area contributed by atoms with Crippen molar-refractivity contribution in [3.8, 4) is 0 Å². The van der Waals surface area contributed by atoms with Gasteiger partial charge in [-0.1, -0.05) is 12.1 Å². The second kappa shape index (κ2) is 5.00. The minimum absolute atomic E-state index is 0.414. The molecule has 0 aliphatic heterocycles. The fraction of sp³-hybridized carbons (Fsp3) is 0.462. The van der Waals surface area contributed by atoms with Crippen LogP contribution in [0.15, 0.2) is 28.7 Å². The van der Waals surface area contributed by atoms with E-state index in [1.165, 1.54) is 5.69 Å². The van der Waals surface area contributed by atoms with E-state index in [1.54, 1.807) is 0 Å². The largest absolute Gasteiger partial charge is 0.371 e. The van der Waals surface area contributed by atoms with E-state index in [0.717, 1.165) is 30.2 Å². The summed E-state index contributed by atoms with van der Waals surface area (Å²) in [5.74, 6) is 0.414. The van der Waals surface area contributed by atoms with Crippen molar-refractivity contribution in [2.24, 2.45) is 0 Å². The average molecular weight is 282 g/mol. The number of rotatable bonds is 2. The number of hydrogen-bond donors (Lipinski definition) is 0. The van der Waals surface area contributed by atoms with Crippen molar-refractivity contribution in [2.75, 3.05) is 11.9 Å². The summed E-state index contributed by atoms with van der Waals surface area (Å²) >= 11 is 3.57. The highest BCUT2D eigenvalue weighted by Gasteiger charge is 2.23. The number of hydrogen-bond acceptors (Lipinski definition) is 2. The van der Waals surface area contributed by atoms with Gasteiger partial charge in [0.15, 0.2) is 0 Å². The smallest absolute Gasteiger partial charge is 0.133 e. The average Bonchev–Trinajstić information content (AvgIpc) is 2.30. The minimum Gasteiger partial charge on any atom is -0.371 e. The Morgan fingerprint density at radius 3 is 2.50 bits per heavy atom. The van der Waals surface area contributed by atoms with Crippen molar-refractivity contribution in [3.63, 3.8) is 0 Å². The van der Waals surface area contributed by atoms with Gasteiger partial charge in [-0.15, -0.1) is 0 Å². The molecule has 16 heavy (non-hydrogen) atoms. The Balaban J connectivity index is 2.10. The van der Waals surface area contributed by atoms with Gasteiger partial charge in [-0.3, -0.25) is 4.79 Å². The molecule has 1 aliphatic carbocycles. The van der Waals surface area contributed by atoms with E-state index in [4.69, 9.17) is 0 Å². The van der Waals surface area contributed by atoms with Gasteiger partial charge in [0.25, 0.3) is 0 Å². The topological polar surface area (TPSA) is 20.3 Å². The number of nitrogens with zero attached hydrogens (tertiary/aromatic N) is 1. The third-order valence-electron chi connectivity index (χ3n) is 3.29. The lowest BCUT2D eigenvalue weighted by Gasteiger charge is -2.33. The number of anilines is 1. The first-order valence-corrected chi connectivity index (χ1v) is 6.47.